The Hall–Kier alpha value is -1.76. The maximum Gasteiger partial charge on any atom is 0.0516 e. The van der Waals surface area contributed by atoms with E-state index in [1.54, 1.807) is 0 Å². The Labute approximate surface area is 122 Å². The van der Waals surface area contributed by atoms with Gasteiger partial charge in [0.25, 0.3) is 0 Å². The fourth-order valence-corrected chi connectivity index (χ4v) is 3.19. The van der Waals surface area contributed by atoms with Crippen LogP contribution >= 0.6 is 0 Å². The molecule has 2 unspecified atom stereocenters. The van der Waals surface area contributed by atoms with E-state index < -0.39 is 0 Å². The van der Waals surface area contributed by atoms with Gasteiger partial charge in [-0.3, -0.25) is 0 Å². The van der Waals surface area contributed by atoms with Crippen LogP contribution in [0.4, 0.5) is 5.69 Å². The zero-order valence-corrected chi connectivity index (χ0v) is 12.6. The highest BCUT2D eigenvalue weighted by Crippen LogP contribution is 2.38. The zero-order chi connectivity index (χ0) is 14.1. The number of fused-ring (bicyclic) bond motifs is 1. The fourth-order valence-electron chi connectivity index (χ4n) is 3.19. The van der Waals surface area contributed by atoms with Crippen molar-refractivity contribution in [3.63, 3.8) is 0 Å². The number of rotatable bonds is 2. The predicted octanol–water partition coefficient (Wildman–Crippen LogP) is 5.35. The highest BCUT2D eigenvalue weighted by atomic mass is 14.9. The lowest BCUT2D eigenvalue weighted by atomic mass is 9.81. The molecule has 0 aromatic heterocycles. The number of aryl methyl sites for hydroxylation is 2. The Morgan fingerprint density at radius 2 is 1.65 bits per heavy atom. The van der Waals surface area contributed by atoms with E-state index in [1.165, 1.54) is 40.8 Å². The third kappa shape index (κ3) is 2.45. The molecule has 2 atom stereocenters. The summed E-state index contributed by atoms with van der Waals surface area (Å²) in [6, 6.07) is 16.0. The first kappa shape index (κ1) is 13.2. The second-order valence-corrected chi connectivity index (χ2v) is 6.10. The minimum absolute atomic E-state index is 0.449. The van der Waals surface area contributed by atoms with E-state index in [0.29, 0.717) is 12.0 Å². The number of nitrogens with one attached hydrogen (secondary N) is 1. The lowest BCUT2D eigenvalue weighted by molar-refractivity contribution is 0.534. The second-order valence-electron chi connectivity index (χ2n) is 6.10. The molecule has 1 aliphatic carbocycles. The molecule has 0 radical (unpaired) electrons. The van der Waals surface area contributed by atoms with Crippen LogP contribution in [0.1, 0.15) is 54.0 Å². The van der Waals surface area contributed by atoms with Gasteiger partial charge in [-0.15, -0.1) is 0 Å². The van der Waals surface area contributed by atoms with Gasteiger partial charge in [0.05, 0.1) is 6.04 Å². The summed E-state index contributed by atoms with van der Waals surface area (Å²) in [6.07, 6.45) is 2.48. The van der Waals surface area contributed by atoms with Crippen molar-refractivity contribution in [2.45, 2.75) is 45.6 Å². The highest BCUT2D eigenvalue weighted by molar-refractivity contribution is 5.51. The molecule has 1 heteroatoms. The smallest absolute Gasteiger partial charge is 0.0516 e. The summed E-state index contributed by atoms with van der Waals surface area (Å²) in [5.74, 6) is 0.684. The largest absolute Gasteiger partial charge is 0.378 e. The zero-order valence-electron chi connectivity index (χ0n) is 12.6. The average molecular weight is 265 g/mol. The number of hydrogen-bond acceptors (Lipinski definition) is 1. The van der Waals surface area contributed by atoms with Crippen LogP contribution in [0.15, 0.2) is 42.5 Å². The summed E-state index contributed by atoms with van der Waals surface area (Å²) in [6.45, 7) is 6.68. The summed E-state index contributed by atoms with van der Waals surface area (Å²) in [5.41, 5.74) is 6.94. The van der Waals surface area contributed by atoms with Crippen LogP contribution in [-0.4, -0.2) is 0 Å². The number of hydrogen-bond donors (Lipinski definition) is 1. The highest BCUT2D eigenvalue weighted by Gasteiger charge is 2.24. The molecule has 0 fully saturated rings. The van der Waals surface area contributed by atoms with Crippen LogP contribution in [-0.2, 0) is 0 Å². The van der Waals surface area contributed by atoms with Crippen LogP contribution in [0.3, 0.4) is 0 Å². The fraction of sp³-hybridized carbons (Fsp3) is 0.368. The van der Waals surface area contributed by atoms with Crippen molar-refractivity contribution in [2.24, 2.45) is 0 Å². The molecule has 0 saturated carbocycles. The molecule has 20 heavy (non-hydrogen) atoms. The average Bonchev–Trinajstić information content (AvgIpc) is 2.46. The van der Waals surface area contributed by atoms with E-state index in [2.05, 4.69) is 68.6 Å². The Kier molecular flexibility index (Phi) is 3.52. The Balaban J connectivity index is 1.88. The molecule has 104 valence electrons. The van der Waals surface area contributed by atoms with Crippen molar-refractivity contribution in [3.05, 3.63) is 64.7 Å². The summed E-state index contributed by atoms with van der Waals surface area (Å²) in [4.78, 5) is 0. The molecular formula is C19H23N. The molecule has 0 amide bonds. The molecule has 1 aliphatic rings. The molecule has 0 spiro atoms. The molecule has 0 heterocycles. The Morgan fingerprint density at radius 1 is 0.900 bits per heavy atom. The van der Waals surface area contributed by atoms with Crippen molar-refractivity contribution in [3.8, 4) is 0 Å². The quantitative estimate of drug-likeness (QED) is 0.771. The van der Waals surface area contributed by atoms with Gasteiger partial charge in [-0.1, -0.05) is 37.3 Å². The molecule has 1 nitrogen and oxygen atoms in total. The molecule has 2 aromatic rings. The van der Waals surface area contributed by atoms with E-state index in [0.717, 1.165) is 0 Å². The van der Waals surface area contributed by atoms with Crippen molar-refractivity contribution in [2.75, 3.05) is 5.32 Å². The summed E-state index contributed by atoms with van der Waals surface area (Å²) in [7, 11) is 0. The lowest BCUT2D eigenvalue weighted by Gasteiger charge is -2.31. The third-order valence-corrected chi connectivity index (χ3v) is 4.64. The van der Waals surface area contributed by atoms with Crippen LogP contribution in [0.25, 0.3) is 0 Å². The maximum atomic E-state index is 3.73. The lowest BCUT2D eigenvalue weighted by Crippen LogP contribution is -2.19. The normalized spacial score (nSPS) is 21.4. The van der Waals surface area contributed by atoms with Gasteiger partial charge in [-0.2, -0.15) is 0 Å². The molecule has 3 rings (SSSR count). The van der Waals surface area contributed by atoms with E-state index in [9.17, 15) is 0 Å². The molecule has 0 saturated heterocycles. The van der Waals surface area contributed by atoms with E-state index >= 15 is 0 Å². The van der Waals surface area contributed by atoms with Crippen LogP contribution in [0.2, 0.25) is 0 Å². The maximum absolute atomic E-state index is 3.73. The SMILES string of the molecule is Cc1ccc(NC2CCC(C)c3ccccc32)cc1C. The van der Waals surface area contributed by atoms with Gasteiger partial charge in [0, 0.05) is 5.69 Å². The molecule has 2 aromatic carbocycles. The molecule has 0 bridgehead atoms. The first-order valence-electron chi connectivity index (χ1n) is 7.58. The van der Waals surface area contributed by atoms with Gasteiger partial charge >= 0.3 is 0 Å². The monoisotopic (exact) mass is 265 g/mol. The van der Waals surface area contributed by atoms with E-state index in [4.69, 9.17) is 0 Å². The summed E-state index contributed by atoms with van der Waals surface area (Å²) in [5, 5.41) is 3.73. The van der Waals surface area contributed by atoms with Crippen LogP contribution in [0.5, 0.6) is 0 Å². The number of benzene rings is 2. The third-order valence-electron chi connectivity index (χ3n) is 4.64. The van der Waals surface area contributed by atoms with Gasteiger partial charge in [0.1, 0.15) is 0 Å². The van der Waals surface area contributed by atoms with Crippen LogP contribution < -0.4 is 5.32 Å². The molecule has 1 N–H and O–H groups in total. The van der Waals surface area contributed by atoms with Gasteiger partial charge in [-0.25, -0.2) is 0 Å². The van der Waals surface area contributed by atoms with E-state index in [-0.39, 0.29) is 0 Å². The van der Waals surface area contributed by atoms with Crippen molar-refractivity contribution in [1.29, 1.82) is 0 Å². The summed E-state index contributed by atoms with van der Waals surface area (Å²) < 4.78 is 0. The van der Waals surface area contributed by atoms with Crippen molar-refractivity contribution < 1.29 is 0 Å². The van der Waals surface area contributed by atoms with Crippen molar-refractivity contribution in [1.82, 2.24) is 0 Å². The minimum Gasteiger partial charge on any atom is -0.378 e. The second kappa shape index (κ2) is 5.32. The topological polar surface area (TPSA) is 12.0 Å². The summed E-state index contributed by atoms with van der Waals surface area (Å²) >= 11 is 0. The minimum atomic E-state index is 0.449. The van der Waals surface area contributed by atoms with Crippen molar-refractivity contribution >= 4 is 5.69 Å². The van der Waals surface area contributed by atoms with Gasteiger partial charge in [-0.05, 0) is 67.0 Å². The Bertz CT molecular complexity index is 615. The predicted molar refractivity (Wildman–Crippen MR) is 86.4 cm³/mol. The van der Waals surface area contributed by atoms with Gasteiger partial charge in [0.15, 0.2) is 0 Å². The first-order valence-corrected chi connectivity index (χ1v) is 7.58. The standard InChI is InChI=1S/C19H23N/c1-13-8-10-16(12-15(13)3)20-19-11-9-14(2)17-6-4-5-7-18(17)19/h4-8,10,12,14,19-20H,9,11H2,1-3H3. The Morgan fingerprint density at radius 3 is 2.40 bits per heavy atom. The molecular weight excluding hydrogens is 242 g/mol. The van der Waals surface area contributed by atoms with Gasteiger partial charge < -0.3 is 5.32 Å². The molecule has 0 aliphatic heterocycles. The van der Waals surface area contributed by atoms with Crippen LogP contribution in [0, 0.1) is 13.8 Å². The van der Waals surface area contributed by atoms with E-state index in [1.807, 2.05) is 0 Å². The number of anilines is 1. The van der Waals surface area contributed by atoms with Gasteiger partial charge in [0.2, 0.25) is 0 Å². The first-order chi connectivity index (χ1) is 9.65.